The molecule has 1 aliphatic rings. The minimum atomic E-state index is -3.13. The molecule has 9 heteroatoms. The lowest BCUT2D eigenvalue weighted by Gasteiger charge is -2.29. The lowest BCUT2D eigenvalue weighted by Crippen LogP contribution is -2.46. The van der Waals surface area contributed by atoms with Gasteiger partial charge in [0.05, 0.1) is 17.1 Å². The third-order valence-electron chi connectivity index (χ3n) is 4.32. The van der Waals surface area contributed by atoms with Gasteiger partial charge >= 0.3 is 5.97 Å². The Hall–Kier alpha value is -2.42. The number of ether oxygens (including phenoxy) is 2. The van der Waals surface area contributed by atoms with E-state index in [1.807, 2.05) is 0 Å². The lowest BCUT2D eigenvalue weighted by molar-refractivity contribution is -0.161. The molecule has 0 N–H and O–H groups in total. The van der Waals surface area contributed by atoms with Crippen LogP contribution in [-0.2, 0) is 24.2 Å². The first kappa shape index (κ1) is 20.9. The fourth-order valence-corrected chi connectivity index (χ4v) is 4.71. The number of aldehydes is 1. The van der Waals surface area contributed by atoms with Crippen molar-refractivity contribution in [3.8, 4) is 5.75 Å². The third kappa shape index (κ3) is 5.53. The van der Waals surface area contributed by atoms with Crippen molar-refractivity contribution in [2.24, 2.45) is 0 Å². The Balaban J connectivity index is 1.90. The fourth-order valence-electron chi connectivity index (χ4n) is 2.98. The number of benzene rings is 1. The van der Waals surface area contributed by atoms with Crippen molar-refractivity contribution in [1.82, 2.24) is 4.90 Å². The zero-order valence-corrected chi connectivity index (χ0v) is 16.1. The van der Waals surface area contributed by atoms with Crippen LogP contribution in [0.15, 0.2) is 24.3 Å². The predicted octanol–water partition coefficient (Wildman–Crippen LogP) is 0.845. The number of hydrogen-bond donors (Lipinski definition) is 0. The molecule has 0 aromatic heterocycles. The van der Waals surface area contributed by atoms with E-state index in [0.717, 1.165) is 0 Å². The third-order valence-corrected chi connectivity index (χ3v) is 6.07. The second-order valence-electron chi connectivity index (χ2n) is 6.26. The number of hydrogen-bond acceptors (Lipinski definition) is 7. The number of sulfone groups is 1. The van der Waals surface area contributed by atoms with Gasteiger partial charge in [-0.1, -0.05) is 12.1 Å². The maximum Gasteiger partial charge on any atom is 0.344 e. The summed E-state index contributed by atoms with van der Waals surface area (Å²) in [5.41, 5.74) is 0.300. The first-order valence-electron chi connectivity index (χ1n) is 8.64. The number of carbonyl (C=O) groups is 3. The van der Waals surface area contributed by atoms with Gasteiger partial charge in [-0.2, -0.15) is 0 Å². The number of likely N-dealkylation sites (N-methyl/N-ethyl adjacent to an activating group) is 1. The first-order valence-corrected chi connectivity index (χ1v) is 10.5. The molecule has 1 aromatic carbocycles. The molecule has 1 saturated heterocycles. The molecule has 1 aromatic rings. The summed E-state index contributed by atoms with van der Waals surface area (Å²) in [5.74, 6) is -0.971. The van der Waals surface area contributed by atoms with Crippen LogP contribution in [0.25, 0.3) is 0 Å². The smallest absolute Gasteiger partial charge is 0.344 e. The maximum atomic E-state index is 12.5. The summed E-state index contributed by atoms with van der Waals surface area (Å²) in [6, 6.07) is 6.02. The topological polar surface area (TPSA) is 107 Å². The van der Waals surface area contributed by atoms with Crippen LogP contribution in [0.1, 0.15) is 30.6 Å². The van der Waals surface area contributed by atoms with Gasteiger partial charge in [0.2, 0.25) is 0 Å². The summed E-state index contributed by atoms with van der Waals surface area (Å²) in [7, 11) is -3.13. The number of nitrogens with zero attached hydrogens (tertiary/aromatic N) is 1. The summed E-state index contributed by atoms with van der Waals surface area (Å²) in [6.45, 7) is 3.05. The average Bonchev–Trinajstić information content (AvgIpc) is 3.00. The lowest BCUT2D eigenvalue weighted by atomic mass is 10.2. The molecule has 0 radical (unpaired) electrons. The van der Waals surface area contributed by atoms with Crippen molar-refractivity contribution in [3.05, 3.63) is 29.8 Å². The van der Waals surface area contributed by atoms with Gasteiger partial charge in [0.25, 0.3) is 5.91 Å². The van der Waals surface area contributed by atoms with Gasteiger partial charge in [-0.15, -0.1) is 0 Å². The number of esters is 1. The Morgan fingerprint density at radius 3 is 2.63 bits per heavy atom. The van der Waals surface area contributed by atoms with Crippen LogP contribution in [0.2, 0.25) is 0 Å². The zero-order valence-electron chi connectivity index (χ0n) is 15.3. The molecule has 27 heavy (non-hydrogen) atoms. The van der Waals surface area contributed by atoms with E-state index in [1.54, 1.807) is 31.2 Å². The molecule has 0 aliphatic carbocycles. The van der Waals surface area contributed by atoms with Gasteiger partial charge in [0.15, 0.2) is 28.8 Å². The first-order chi connectivity index (χ1) is 12.8. The molecule has 0 saturated carbocycles. The van der Waals surface area contributed by atoms with Crippen LogP contribution in [0.3, 0.4) is 0 Å². The minimum absolute atomic E-state index is 0.0552. The molecular weight excluding hydrogens is 374 g/mol. The predicted molar refractivity (Wildman–Crippen MR) is 97.3 cm³/mol. The summed E-state index contributed by atoms with van der Waals surface area (Å²) >= 11 is 0. The average molecular weight is 397 g/mol. The normalized spacial score (nSPS) is 19.1. The van der Waals surface area contributed by atoms with Crippen LogP contribution < -0.4 is 4.74 Å². The summed E-state index contributed by atoms with van der Waals surface area (Å²) in [6.07, 6.45) is -0.0684. The highest BCUT2D eigenvalue weighted by atomic mass is 32.2. The molecule has 148 valence electrons. The largest absolute Gasteiger partial charge is 0.481 e. The summed E-state index contributed by atoms with van der Waals surface area (Å²) in [5, 5.41) is 0. The number of rotatable bonds is 8. The molecule has 2 atom stereocenters. The number of para-hydroxylation sites is 1. The molecular formula is C18H23NO7S. The SMILES string of the molecule is CCN(C(=O)C(C)OC(=O)COc1ccccc1C=O)C1CCS(=O)(=O)C1. The zero-order chi connectivity index (χ0) is 20.0. The van der Waals surface area contributed by atoms with Crippen molar-refractivity contribution < 1.29 is 32.3 Å². The fraction of sp³-hybridized carbons (Fsp3) is 0.500. The summed E-state index contributed by atoms with van der Waals surface area (Å²) in [4.78, 5) is 36.9. The van der Waals surface area contributed by atoms with E-state index < -0.39 is 40.5 Å². The van der Waals surface area contributed by atoms with E-state index in [1.165, 1.54) is 11.8 Å². The van der Waals surface area contributed by atoms with Crippen molar-refractivity contribution in [2.75, 3.05) is 24.7 Å². The van der Waals surface area contributed by atoms with Crippen LogP contribution in [0.5, 0.6) is 5.75 Å². The highest BCUT2D eigenvalue weighted by molar-refractivity contribution is 7.91. The van der Waals surface area contributed by atoms with Crippen molar-refractivity contribution in [2.45, 2.75) is 32.4 Å². The van der Waals surface area contributed by atoms with E-state index in [2.05, 4.69) is 0 Å². The molecule has 2 unspecified atom stereocenters. The molecule has 8 nitrogen and oxygen atoms in total. The Bertz CT molecular complexity index is 806. The molecule has 1 amide bonds. The second-order valence-corrected chi connectivity index (χ2v) is 8.49. The van der Waals surface area contributed by atoms with Gasteiger partial charge in [0, 0.05) is 12.6 Å². The van der Waals surface area contributed by atoms with Crippen LogP contribution >= 0.6 is 0 Å². The highest BCUT2D eigenvalue weighted by Crippen LogP contribution is 2.19. The van der Waals surface area contributed by atoms with Gasteiger partial charge in [0.1, 0.15) is 5.75 Å². The second kappa shape index (κ2) is 8.98. The van der Waals surface area contributed by atoms with Gasteiger partial charge in [-0.25, -0.2) is 13.2 Å². The minimum Gasteiger partial charge on any atom is -0.481 e. The number of carbonyl (C=O) groups excluding carboxylic acids is 3. The molecule has 1 heterocycles. The molecule has 0 spiro atoms. The quantitative estimate of drug-likeness (QED) is 0.473. The van der Waals surface area contributed by atoms with Crippen molar-refractivity contribution in [3.63, 3.8) is 0 Å². The molecule has 1 aliphatic heterocycles. The van der Waals surface area contributed by atoms with Gasteiger partial charge in [-0.05, 0) is 32.4 Å². The Morgan fingerprint density at radius 2 is 2.04 bits per heavy atom. The standard InChI is InChI=1S/C18H23NO7S/c1-3-19(15-8-9-27(23,24)12-15)18(22)13(2)26-17(21)11-25-16-7-5-4-6-14(16)10-20/h4-7,10,13,15H,3,8-9,11-12H2,1-2H3. The van der Waals surface area contributed by atoms with E-state index >= 15 is 0 Å². The molecule has 0 bridgehead atoms. The Kier molecular flexibility index (Phi) is 6.95. The number of amides is 1. The van der Waals surface area contributed by atoms with Crippen molar-refractivity contribution in [1.29, 1.82) is 0 Å². The van der Waals surface area contributed by atoms with Crippen LogP contribution in [0, 0.1) is 0 Å². The maximum absolute atomic E-state index is 12.5. The van der Waals surface area contributed by atoms with Gasteiger partial charge in [-0.3, -0.25) is 9.59 Å². The highest BCUT2D eigenvalue weighted by Gasteiger charge is 2.36. The van der Waals surface area contributed by atoms with Crippen LogP contribution in [0.4, 0.5) is 0 Å². The van der Waals surface area contributed by atoms with E-state index in [-0.39, 0.29) is 17.3 Å². The van der Waals surface area contributed by atoms with E-state index in [4.69, 9.17) is 9.47 Å². The Labute approximate surface area is 158 Å². The molecule has 2 rings (SSSR count). The Morgan fingerprint density at radius 1 is 1.33 bits per heavy atom. The van der Waals surface area contributed by atoms with Crippen molar-refractivity contribution >= 4 is 28.0 Å². The van der Waals surface area contributed by atoms with Gasteiger partial charge < -0.3 is 14.4 Å². The monoisotopic (exact) mass is 397 g/mol. The van der Waals surface area contributed by atoms with E-state index in [0.29, 0.717) is 24.8 Å². The van der Waals surface area contributed by atoms with Crippen LogP contribution in [-0.4, -0.2) is 68.3 Å². The van der Waals surface area contributed by atoms with E-state index in [9.17, 15) is 22.8 Å². The molecule has 1 fully saturated rings. The summed E-state index contributed by atoms with van der Waals surface area (Å²) < 4.78 is 33.7.